The lowest BCUT2D eigenvalue weighted by atomic mass is 9.98. The Bertz CT molecular complexity index is 1220. The summed E-state index contributed by atoms with van der Waals surface area (Å²) in [5.74, 6) is -0.944. The van der Waals surface area contributed by atoms with Crippen molar-refractivity contribution in [3.8, 4) is 28.7 Å². The van der Waals surface area contributed by atoms with E-state index in [1.807, 2.05) is 30.3 Å². The molecule has 4 rings (SSSR count). The van der Waals surface area contributed by atoms with E-state index in [9.17, 15) is 14.7 Å². The normalized spacial score (nSPS) is 11.7. The van der Waals surface area contributed by atoms with Crippen LogP contribution in [0.3, 0.4) is 0 Å². The van der Waals surface area contributed by atoms with Crippen LogP contribution in [-0.4, -0.2) is 37.9 Å². The SMILES string of the molecule is COC(=O)c1cc(OCc2ccccc2)c(C(=O)c2c(O)ccc3c2OCO3)c(Br)c1OC. The maximum Gasteiger partial charge on any atom is 0.341 e. The molecule has 0 radical (unpaired) electrons. The number of phenols is 1. The molecule has 0 amide bonds. The van der Waals surface area contributed by atoms with Crippen LogP contribution in [-0.2, 0) is 11.3 Å². The van der Waals surface area contributed by atoms with E-state index in [-0.39, 0.29) is 57.6 Å². The third kappa shape index (κ3) is 4.19. The first kappa shape index (κ1) is 22.5. The largest absolute Gasteiger partial charge is 0.507 e. The van der Waals surface area contributed by atoms with Crippen molar-refractivity contribution in [3.63, 3.8) is 0 Å². The highest BCUT2D eigenvalue weighted by molar-refractivity contribution is 9.10. The van der Waals surface area contributed by atoms with E-state index in [1.165, 1.54) is 32.4 Å². The van der Waals surface area contributed by atoms with Gasteiger partial charge in [0.1, 0.15) is 35.0 Å². The molecule has 0 aromatic heterocycles. The molecular formula is C24H19BrO8. The Kier molecular flexibility index (Phi) is 6.41. The van der Waals surface area contributed by atoms with Crippen molar-refractivity contribution in [3.05, 3.63) is 75.3 Å². The summed E-state index contributed by atoms with van der Waals surface area (Å²) in [5, 5.41) is 10.5. The van der Waals surface area contributed by atoms with E-state index >= 15 is 0 Å². The molecule has 33 heavy (non-hydrogen) atoms. The molecule has 8 nitrogen and oxygen atoms in total. The molecule has 0 fully saturated rings. The quantitative estimate of drug-likeness (QED) is 0.363. The summed E-state index contributed by atoms with van der Waals surface area (Å²) in [6.07, 6.45) is 0. The predicted octanol–water partition coefficient (Wildman–Crippen LogP) is 4.49. The maximum atomic E-state index is 13.7. The highest BCUT2D eigenvalue weighted by atomic mass is 79.9. The van der Waals surface area contributed by atoms with Gasteiger partial charge in [0.2, 0.25) is 12.6 Å². The van der Waals surface area contributed by atoms with E-state index in [4.69, 9.17) is 23.7 Å². The Morgan fingerprint density at radius 3 is 2.52 bits per heavy atom. The number of hydrogen-bond donors (Lipinski definition) is 1. The van der Waals surface area contributed by atoms with Gasteiger partial charge in [0.15, 0.2) is 11.5 Å². The number of ether oxygens (including phenoxy) is 5. The zero-order valence-electron chi connectivity index (χ0n) is 17.7. The molecule has 0 aliphatic carbocycles. The van der Waals surface area contributed by atoms with Gasteiger partial charge in [0.05, 0.1) is 24.3 Å². The predicted molar refractivity (Wildman–Crippen MR) is 120 cm³/mol. The summed E-state index contributed by atoms with van der Waals surface area (Å²) < 4.78 is 27.2. The van der Waals surface area contributed by atoms with Crippen molar-refractivity contribution >= 4 is 27.7 Å². The molecule has 0 atom stereocenters. The van der Waals surface area contributed by atoms with Gasteiger partial charge in [0.25, 0.3) is 0 Å². The van der Waals surface area contributed by atoms with Crippen LogP contribution in [0.1, 0.15) is 31.8 Å². The lowest BCUT2D eigenvalue weighted by Gasteiger charge is -2.18. The fourth-order valence-electron chi connectivity index (χ4n) is 3.44. The van der Waals surface area contributed by atoms with Crippen molar-refractivity contribution in [2.24, 2.45) is 0 Å². The first-order chi connectivity index (χ1) is 16.0. The second-order valence-corrected chi connectivity index (χ2v) is 7.73. The second-order valence-electron chi connectivity index (χ2n) is 6.93. The molecule has 0 unspecified atom stereocenters. The van der Waals surface area contributed by atoms with Crippen molar-refractivity contribution in [2.75, 3.05) is 21.0 Å². The summed E-state index contributed by atoms with van der Waals surface area (Å²) in [4.78, 5) is 26.1. The number of ketones is 1. The van der Waals surface area contributed by atoms with Gasteiger partial charge < -0.3 is 28.8 Å². The third-order valence-electron chi connectivity index (χ3n) is 5.00. The van der Waals surface area contributed by atoms with Gasteiger partial charge in [0, 0.05) is 0 Å². The Morgan fingerprint density at radius 1 is 1.06 bits per heavy atom. The van der Waals surface area contributed by atoms with Crippen molar-refractivity contribution in [1.82, 2.24) is 0 Å². The molecule has 9 heteroatoms. The van der Waals surface area contributed by atoms with E-state index < -0.39 is 11.8 Å². The number of hydrogen-bond acceptors (Lipinski definition) is 8. The Morgan fingerprint density at radius 2 is 1.82 bits per heavy atom. The smallest absolute Gasteiger partial charge is 0.341 e. The summed E-state index contributed by atoms with van der Waals surface area (Å²) >= 11 is 3.38. The number of carbonyl (C=O) groups excluding carboxylic acids is 2. The van der Waals surface area contributed by atoms with Crippen LogP contribution >= 0.6 is 15.9 Å². The Labute approximate surface area is 197 Å². The van der Waals surface area contributed by atoms with E-state index in [2.05, 4.69) is 15.9 Å². The summed E-state index contributed by atoms with van der Waals surface area (Å²) in [6.45, 7) is 0.0428. The molecule has 0 saturated carbocycles. The molecule has 1 aliphatic heterocycles. The van der Waals surface area contributed by atoms with Gasteiger partial charge in [-0.2, -0.15) is 0 Å². The van der Waals surface area contributed by atoms with Crippen LogP contribution in [0.5, 0.6) is 28.7 Å². The van der Waals surface area contributed by atoms with Crippen molar-refractivity contribution in [2.45, 2.75) is 6.61 Å². The monoisotopic (exact) mass is 514 g/mol. The molecule has 3 aromatic rings. The van der Waals surface area contributed by atoms with Crippen molar-refractivity contribution in [1.29, 1.82) is 0 Å². The van der Waals surface area contributed by atoms with Gasteiger partial charge in [-0.25, -0.2) is 4.79 Å². The van der Waals surface area contributed by atoms with Gasteiger partial charge in [-0.15, -0.1) is 0 Å². The van der Waals surface area contributed by atoms with Gasteiger partial charge >= 0.3 is 5.97 Å². The summed E-state index contributed by atoms with van der Waals surface area (Å²) in [7, 11) is 2.60. The number of fused-ring (bicyclic) bond motifs is 1. The number of halogens is 1. The van der Waals surface area contributed by atoms with Crippen LogP contribution in [0.4, 0.5) is 0 Å². The number of rotatable bonds is 7. The lowest BCUT2D eigenvalue weighted by molar-refractivity contribution is 0.0595. The number of benzene rings is 3. The lowest BCUT2D eigenvalue weighted by Crippen LogP contribution is -2.12. The minimum absolute atomic E-state index is 0.0367. The number of phenolic OH excluding ortho intramolecular Hbond substituents is 1. The topological polar surface area (TPSA) is 101 Å². The first-order valence-corrected chi connectivity index (χ1v) is 10.6. The van der Waals surface area contributed by atoms with Gasteiger partial charge in [-0.3, -0.25) is 4.79 Å². The molecule has 0 bridgehead atoms. The van der Waals surface area contributed by atoms with E-state index in [0.29, 0.717) is 5.75 Å². The van der Waals surface area contributed by atoms with E-state index in [0.717, 1.165) is 5.56 Å². The van der Waals surface area contributed by atoms with Gasteiger partial charge in [-0.05, 0) is 39.7 Å². The molecule has 170 valence electrons. The van der Waals surface area contributed by atoms with E-state index in [1.54, 1.807) is 0 Å². The fourth-order valence-corrected chi connectivity index (χ4v) is 4.19. The molecule has 0 spiro atoms. The summed E-state index contributed by atoms with van der Waals surface area (Å²) in [6, 6.07) is 13.6. The van der Waals surface area contributed by atoms with Gasteiger partial charge in [-0.1, -0.05) is 30.3 Å². The van der Waals surface area contributed by atoms with Crippen LogP contribution < -0.4 is 18.9 Å². The zero-order chi connectivity index (χ0) is 23.5. The van der Waals surface area contributed by atoms with Crippen LogP contribution in [0, 0.1) is 0 Å². The van der Waals surface area contributed by atoms with Crippen LogP contribution in [0.25, 0.3) is 0 Å². The molecule has 1 heterocycles. The first-order valence-electron chi connectivity index (χ1n) is 9.78. The number of esters is 1. The number of methoxy groups -OCH3 is 2. The average molecular weight is 515 g/mol. The highest BCUT2D eigenvalue weighted by Crippen LogP contribution is 2.46. The second kappa shape index (κ2) is 9.41. The summed E-state index contributed by atoms with van der Waals surface area (Å²) in [5.41, 5.74) is 0.856. The Balaban J connectivity index is 1.88. The van der Waals surface area contributed by atoms with Crippen LogP contribution in [0.15, 0.2) is 53.0 Å². The minimum atomic E-state index is -0.670. The molecule has 1 aliphatic rings. The fraction of sp³-hybridized carbons (Fsp3) is 0.167. The maximum absolute atomic E-state index is 13.7. The minimum Gasteiger partial charge on any atom is -0.507 e. The van der Waals surface area contributed by atoms with Crippen molar-refractivity contribution < 1.29 is 38.4 Å². The number of carbonyl (C=O) groups is 2. The molecule has 0 saturated heterocycles. The number of aromatic hydroxyl groups is 1. The Hall–Kier alpha value is -3.72. The zero-order valence-corrected chi connectivity index (χ0v) is 19.3. The van der Waals surface area contributed by atoms with Crippen LogP contribution in [0.2, 0.25) is 0 Å². The molecule has 3 aromatic carbocycles. The molecule has 1 N–H and O–H groups in total. The molecular weight excluding hydrogens is 496 g/mol. The standard InChI is InChI=1S/C24H19BrO8/c1-29-22-14(24(28)30-2)10-17(31-11-13-6-4-3-5-7-13)19(20(22)25)21(27)18-15(26)8-9-16-23(18)33-12-32-16/h3-10,26H,11-12H2,1-2H3. The average Bonchev–Trinajstić information content (AvgIpc) is 3.30. The highest BCUT2D eigenvalue weighted by Gasteiger charge is 2.33. The third-order valence-corrected chi connectivity index (χ3v) is 5.76.